The molecule has 0 saturated carbocycles. The van der Waals surface area contributed by atoms with E-state index in [0.717, 1.165) is 11.4 Å². The first-order valence-corrected chi connectivity index (χ1v) is 4.44. The molecule has 4 heteroatoms. The van der Waals surface area contributed by atoms with Gasteiger partial charge in [0.15, 0.2) is 0 Å². The maximum atomic E-state index is 5.83. The Hall–Kier alpha value is -1.68. The maximum Gasteiger partial charge on any atom is 0.0800 e. The van der Waals surface area contributed by atoms with Gasteiger partial charge < -0.3 is 11.1 Å². The fourth-order valence-corrected chi connectivity index (χ4v) is 1.13. The molecule has 4 N–H and O–H groups in total. The van der Waals surface area contributed by atoms with E-state index >= 15 is 0 Å². The summed E-state index contributed by atoms with van der Waals surface area (Å²) < 4.78 is 0. The Balaban J connectivity index is 2.89. The van der Waals surface area contributed by atoms with E-state index < -0.39 is 0 Å². The molecule has 0 aliphatic heterocycles. The summed E-state index contributed by atoms with van der Waals surface area (Å²) >= 11 is 0. The minimum absolute atomic E-state index is 0.739. The monoisotopic (exact) mass is 192 g/mol. The van der Waals surface area contributed by atoms with Gasteiger partial charge in [0.05, 0.1) is 11.4 Å². The van der Waals surface area contributed by atoms with Gasteiger partial charge in [-0.2, -0.15) is 0 Å². The van der Waals surface area contributed by atoms with E-state index in [1.54, 1.807) is 0 Å². The van der Waals surface area contributed by atoms with Crippen molar-refractivity contribution in [2.45, 2.75) is 0 Å². The highest BCUT2D eigenvalue weighted by Crippen LogP contribution is 2.20. The fourth-order valence-electron chi connectivity index (χ4n) is 1.13. The number of nitrogens with two attached hydrogens (primary N) is 1. The van der Waals surface area contributed by atoms with Crippen LogP contribution in [-0.4, -0.2) is 14.1 Å². The Morgan fingerprint density at radius 3 is 2.57 bits per heavy atom. The first-order valence-electron chi connectivity index (χ1n) is 4.44. The highest BCUT2D eigenvalue weighted by atomic mass is 15.5. The number of anilines is 2. The number of para-hydroxylation sites is 2. The Bertz CT molecular complexity index is 309. The van der Waals surface area contributed by atoms with E-state index in [9.17, 15) is 0 Å². The van der Waals surface area contributed by atoms with Crippen LogP contribution in [0.5, 0.6) is 0 Å². The molecule has 0 radical (unpaired) electrons. The Labute approximate surface area is 84.4 Å². The zero-order valence-electron chi connectivity index (χ0n) is 8.49. The average Bonchev–Trinajstić information content (AvgIpc) is 2.21. The lowest BCUT2D eigenvalue weighted by Crippen LogP contribution is -2.30. The van der Waals surface area contributed by atoms with E-state index in [2.05, 4.69) is 10.7 Å². The van der Waals surface area contributed by atoms with Crippen LogP contribution in [0.1, 0.15) is 0 Å². The van der Waals surface area contributed by atoms with Crippen LogP contribution >= 0.6 is 0 Å². The normalized spacial score (nSPS) is 10.4. The second-order valence-electron chi connectivity index (χ2n) is 2.76. The van der Waals surface area contributed by atoms with Crippen molar-refractivity contribution in [2.75, 3.05) is 24.8 Å². The number of hydrazine groups is 1. The van der Waals surface area contributed by atoms with Gasteiger partial charge in [0.1, 0.15) is 0 Å². The summed E-state index contributed by atoms with van der Waals surface area (Å²) in [6.45, 7) is 0. The van der Waals surface area contributed by atoms with Crippen molar-refractivity contribution < 1.29 is 0 Å². The molecule has 4 nitrogen and oxygen atoms in total. The molecule has 1 aromatic rings. The van der Waals surface area contributed by atoms with Crippen molar-refractivity contribution in [2.24, 2.45) is 0 Å². The molecular weight excluding hydrogens is 176 g/mol. The topological polar surface area (TPSA) is 53.3 Å². The predicted octanol–water partition coefficient (Wildman–Crippen LogP) is 0.900. The van der Waals surface area contributed by atoms with Gasteiger partial charge >= 0.3 is 0 Å². The van der Waals surface area contributed by atoms with Crippen LogP contribution in [-0.2, 0) is 0 Å². The molecule has 76 valence electrons. The van der Waals surface area contributed by atoms with Gasteiger partial charge in [-0.1, -0.05) is 12.1 Å². The van der Waals surface area contributed by atoms with Crippen LogP contribution in [0.2, 0.25) is 0 Å². The molecule has 0 aliphatic rings. The van der Waals surface area contributed by atoms with Crippen molar-refractivity contribution in [1.82, 2.24) is 10.7 Å². The molecule has 0 aliphatic carbocycles. The van der Waals surface area contributed by atoms with Gasteiger partial charge in [-0.3, -0.25) is 5.01 Å². The molecule has 0 heterocycles. The molecule has 0 amide bonds. The lowest BCUT2D eigenvalue weighted by Gasteiger charge is -2.20. The zero-order chi connectivity index (χ0) is 10.4. The molecule has 0 aromatic heterocycles. The number of rotatable bonds is 4. The van der Waals surface area contributed by atoms with Crippen LogP contribution in [0, 0.1) is 0 Å². The second kappa shape index (κ2) is 5.14. The van der Waals surface area contributed by atoms with Gasteiger partial charge in [-0.05, 0) is 12.1 Å². The quantitative estimate of drug-likeness (QED) is 0.490. The summed E-state index contributed by atoms with van der Waals surface area (Å²) in [5, 5.41) is 4.76. The van der Waals surface area contributed by atoms with Gasteiger partial charge in [0, 0.05) is 26.5 Å². The molecule has 0 saturated heterocycles. The Kier molecular flexibility index (Phi) is 3.82. The minimum atomic E-state index is 0.739. The van der Waals surface area contributed by atoms with Crippen molar-refractivity contribution in [1.29, 1.82) is 0 Å². The fraction of sp³-hybridized carbons (Fsp3) is 0.200. The smallest absolute Gasteiger partial charge is 0.0800 e. The molecule has 0 atom stereocenters. The van der Waals surface area contributed by atoms with Crippen LogP contribution in [0.3, 0.4) is 0 Å². The van der Waals surface area contributed by atoms with Crippen molar-refractivity contribution in [3.05, 3.63) is 36.7 Å². The predicted molar refractivity (Wildman–Crippen MR) is 60.6 cm³/mol. The first kappa shape index (κ1) is 10.4. The van der Waals surface area contributed by atoms with E-state index in [4.69, 9.17) is 5.73 Å². The molecular formula is C10H16N4. The first-order chi connectivity index (χ1) is 6.79. The standard InChI is InChI=1S/C10H16N4/c1-12-7-8-14(13-2)10-6-4-3-5-9(10)11/h3-8,12-13H,11H2,1-2H3/b8-7-. The average molecular weight is 192 g/mol. The number of benzene rings is 1. The van der Waals surface area contributed by atoms with Crippen LogP contribution in [0.4, 0.5) is 11.4 Å². The number of nitrogens with zero attached hydrogens (tertiary/aromatic N) is 1. The Morgan fingerprint density at radius 1 is 1.29 bits per heavy atom. The highest BCUT2D eigenvalue weighted by Gasteiger charge is 2.02. The third-order valence-electron chi connectivity index (χ3n) is 1.83. The zero-order valence-corrected chi connectivity index (χ0v) is 8.49. The van der Waals surface area contributed by atoms with Crippen LogP contribution in [0.25, 0.3) is 0 Å². The molecule has 1 aromatic carbocycles. The summed E-state index contributed by atoms with van der Waals surface area (Å²) in [7, 11) is 3.69. The van der Waals surface area contributed by atoms with Gasteiger partial charge in [-0.25, -0.2) is 5.43 Å². The summed E-state index contributed by atoms with van der Waals surface area (Å²) in [5.41, 5.74) is 10.5. The molecule has 1 rings (SSSR count). The van der Waals surface area contributed by atoms with E-state index in [1.807, 2.05) is 55.8 Å². The summed E-state index contributed by atoms with van der Waals surface area (Å²) in [6.07, 6.45) is 3.69. The Morgan fingerprint density at radius 2 is 2.00 bits per heavy atom. The number of hydrogen-bond acceptors (Lipinski definition) is 4. The number of hydrogen-bond donors (Lipinski definition) is 3. The van der Waals surface area contributed by atoms with E-state index in [-0.39, 0.29) is 0 Å². The second-order valence-corrected chi connectivity index (χ2v) is 2.76. The minimum Gasteiger partial charge on any atom is -0.397 e. The van der Waals surface area contributed by atoms with Crippen LogP contribution < -0.4 is 21.5 Å². The molecule has 14 heavy (non-hydrogen) atoms. The third kappa shape index (κ3) is 2.40. The summed E-state index contributed by atoms with van der Waals surface area (Å²) in [5.74, 6) is 0. The lowest BCUT2D eigenvalue weighted by molar-refractivity contribution is 0.822. The third-order valence-corrected chi connectivity index (χ3v) is 1.83. The SMILES string of the molecule is CN/C=C\N(NC)c1ccccc1N. The van der Waals surface area contributed by atoms with Gasteiger partial charge in [-0.15, -0.1) is 0 Å². The largest absolute Gasteiger partial charge is 0.397 e. The molecule has 0 bridgehead atoms. The van der Waals surface area contributed by atoms with Crippen molar-refractivity contribution in [3.8, 4) is 0 Å². The van der Waals surface area contributed by atoms with Crippen molar-refractivity contribution >= 4 is 11.4 Å². The lowest BCUT2D eigenvalue weighted by atomic mass is 10.2. The van der Waals surface area contributed by atoms with Crippen molar-refractivity contribution in [3.63, 3.8) is 0 Å². The van der Waals surface area contributed by atoms with Crippen LogP contribution in [0.15, 0.2) is 36.7 Å². The molecule has 0 unspecified atom stereocenters. The van der Waals surface area contributed by atoms with Gasteiger partial charge in [0.25, 0.3) is 0 Å². The van der Waals surface area contributed by atoms with Gasteiger partial charge in [0.2, 0.25) is 0 Å². The molecule has 0 spiro atoms. The highest BCUT2D eigenvalue weighted by molar-refractivity contribution is 5.67. The molecule has 0 fully saturated rings. The van der Waals surface area contributed by atoms with E-state index in [0.29, 0.717) is 0 Å². The number of nitrogens with one attached hydrogen (secondary N) is 2. The summed E-state index contributed by atoms with van der Waals surface area (Å²) in [4.78, 5) is 0. The number of nitrogen functional groups attached to an aromatic ring is 1. The maximum absolute atomic E-state index is 5.83. The summed E-state index contributed by atoms with van der Waals surface area (Å²) in [6, 6.07) is 7.68. The van der Waals surface area contributed by atoms with E-state index in [1.165, 1.54) is 0 Å².